The molecule has 0 N–H and O–H groups in total. The van der Waals surface area contributed by atoms with Gasteiger partial charge in [-0.25, -0.2) is 4.79 Å². The molecule has 38 heavy (non-hydrogen) atoms. The Morgan fingerprint density at radius 1 is 0.921 bits per heavy atom. The average Bonchev–Trinajstić information content (AvgIpc) is 3.31. The molecule has 1 aliphatic heterocycles. The first-order chi connectivity index (χ1) is 18.4. The quantitative estimate of drug-likeness (QED) is 0.286. The monoisotopic (exact) mass is 571 g/mol. The highest BCUT2D eigenvalue weighted by atomic mass is 79.9. The van der Waals surface area contributed by atoms with Gasteiger partial charge in [-0.3, -0.25) is 13.9 Å². The normalized spacial score (nSPS) is 15.0. The number of benzene rings is 3. The smallest absolute Gasteiger partial charge is 0.332 e. The standard InChI is InChI=1S/C29H26BrN5O3/c1-19-16-33(22-12-14-24(15-13-22)38-23-6-4-3-5-7-23)28-31-26-25(34(28)17-19)27(36)35(29(37)32(26)2)18-20-8-10-21(30)11-9-20/h3-15,19H,16-18H2,1-2H3. The minimum absolute atomic E-state index is 0.192. The summed E-state index contributed by atoms with van der Waals surface area (Å²) in [5.74, 6) is 2.42. The summed E-state index contributed by atoms with van der Waals surface area (Å²) < 4.78 is 11.6. The van der Waals surface area contributed by atoms with Gasteiger partial charge < -0.3 is 14.2 Å². The van der Waals surface area contributed by atoms with Gasteiger partial charge in [-0.15, -0.1) is 0 Å². The number of fused-ring (bicyclic) bond motifs is 3. The van der Waals surface area contributed by atoms with Crippen molar-refractivity contribution in [1.82, 2.24) is 18.7 Å². The first kappa shape index (κ1) is 24.2. The van der Waals surface area contributed by atoms with Crippen LogP contribution in [0.5, 0.6) is 11.5 Å². The first-order valence-corrected chi connectivity index (χ1v) is 13.2. The molecule has 0 radical (unpaired) electrons. The van der Waals surface area contributed by atoms with Crippen molar-refractivity contribution in [3.05, 3.63) is 110 Å². The molecule has 0 saturated carbocycles. The lowest BCUT2D eigenvalue weighted by Crippen LogP contribution is -2.40. The van der Waals surface area contributed by atoms with E-state index in [1.165, 1.54) is 9.13 Å². The van der Waals surface area contributed by atoms with Crippen LogP contribution in [-0.2, 0) is 20.1 Å². The molecule has 1 atom stereocenters. The molecule has 3 aromatic carbocycles. The molecule has 0 bridgehead atoms. The summed E-state index contributed by atoms with van der Waals surface area (Å²) in [7, 11) is 1.67. The number of halogens is 1. The molecule has 5 aromatic rings. The maximum absolute atomic E-state index is 13.7. The van der Waals surface area contributed by atoms with Crippen molar-refractivity contribution in [2.75, 3.05) is 11.4 Å². The van der Waals surface area contributed by atoms with Crippen LogP contribution in [0.4, 0.5) is 11.6 Å². The van der Waals surface area contributed by atoms with E-state index in [0.717, 1.165) is 33.8 Å². The molecular formula is C29H26BrN5O3. The molecule has 3 heterocycles. The zero-order chi connectivity index (χ0) is 26.4. The minimum Gasteiger partial charge on any atom is -0.457 e. The molecule has 0 fully saturated rings. The Morgan fingerprint density at radius 2 is 1.61 bits per heavy atom. The lowest BCUT2D eigenvalue weighted by Gasteiger charge is -2.33. The van der Waals surface area contributed by atoms with Crippen molar-refractivity contribution in [2.45, 2.75) is 20.0 Å². The zero-order valence-electron chi connectivity index (χ0n) is 21.0. The zero-order valence-corrected chi connectivity index (χ0v) is 22.6. The fraction of sp³-hybridized carbons (Fsp3) is 0.207. The maximum Gasteiger partial charge on any atom is 0.332 e. The lowest BCUT2D eigenvalue weighted by molar-refractivity contribution is 0.457. The number of nitrogens with zero attached hydrogens (tertiary/aromatic N) is 5. The summed E-state index contributed by atoms with van der Waals surface area (Å²) in [6.45, 7) is 3.72. The molecule has 192 valence electrons. The second-order valence-corrected chi connectivity index (χ2v) is 10.6. The van der Waals surface area contributed by atoms with E-state index in [1.807, 2.05) is 83.4 Å². The van der Waals surface area contributed by atoms with E-state index in [-0.39, 0.29) is 23.7 Å². The number of hydrogen-bond acceptors (Lipinski definition) is 5. The van der Waals surface area contributed by atoms with Gasteiger partial charge >= 0.3 is 5.69 Å². The minimum atomic E-state index is -0.386. The summed E-state index contributed by atoms with van der Waals surface area (Å²) >= 11 is 3.43. The topological polar surface area (TPSA) is 74.3 Å². The molecule has 0 amide bonds. The second-order valence-electron chi connectivity index (χ2n) is 9.68. The Labute approximate surface area is 227 Å². The summed E-state index contributed by atoms with van der Waals surface area (Å²) in [6, 6.07) is 25.1. The summed E-state index contributed by atoms with van der Waals surface area (Å²) in [5, 5.41) is 0. The Morgan fingerprint density at radius 3 is 2.32 bits per heavy atom. The molecule has 9 heteroatoms. The fourth-order valence-electron chi connectivity index (χ4n) is 4.95. The molecule has 1 unspecified atom stereocenters. The van der Waals surface area contributed by atoms with Crippen LogP contribution < -0.4 is 20.9 Å². The van der Waals surface area contributed by atoms with Gasteiger partial charge in [0.15, 0.2) is 11.2 Å². The van der Waals surface area contributed by atoms with Gasteiger partial charge in [0.25, 0.3) is 5.56 Å². The Bertz CT molecular complexity index is 1740. The highest BCUT2D eigenvalue weighted by molar-refractivity contribution is 9.10. The van der Waals surface area contributed by atoms with Crippen LogP contribution in [-0.4, -0.2) is 25.2 Å². The molecule has 2 aromatic heterocycles. The van der Waals surface area contributed by atoms with E-state index >= 15 is 0 Å². The van der Waals surface area contributed by atoms with Crippen molar-refractivity contribution >= 4 is 38.7 Å². The van der Waals surface area contributed by atoms with Gasteiger partial charge in [-0.05, 0) is 60.0 Å². The predicted molar refractivity (Wildman–Crippen MR) is 152 cm³/mol. The molecular weight excluding hydrogens is 546 g/mol. The molecule has 1 aliphatic rings. The van der Waals surface area contributed by atoms with Crippen LogP contribution in [0.1, 0.15) is 12.5 Å². The highest BCUT2D eigenvalue weighted by Gasteiger charge is 2.30. The number of imidazole rings is 1. The number of ether oxygens (including phenoxy) is 1. The van der Waals surface area contributed by atoms with Gasteiger partial charge in [0.2, 0.25) is 5.95 Å². The second kappa shape index (κ2) is 9.64. The lowest BCUT2D eigenvalue weighted by atomic mass is 10.1. The number of aryl methyl sites for hydroxylation is 1. The predicted octanol–water partition coefficient (Wildman–Crippen LogP) is 5.29. The van der Waals surface area contributed by atoms with Crippen LogP contribution in [0.15, 0.2) is 92.9 Å². The Kier molecular flexibility index (Phi) is 6.15. The van der Waals surface area contributed by atoms with Crippen LogP contribution in [0, 0.1) is 5.92 Å². The third-order valence-corrected chi connectivity index (χ3v) is 7.35. The third-order valence-electron chi connectivity index (χ3n) is 6.82. The van der Waals surface area contributed by atoms with Crippen LogP contribution in [0.25, 0.3) is 11.2 Å². The summed E-state index contributed by atoms with van der Waals surface area (Å²) in [5.41, 5.74) is 1.94. The van der Waals surface area contributed by atoms with E-state index in [9.17, 15) is 9.59 Å². The number of para-hydroxylation sites is 1. The van der Waals surface area contributed by atoms with E-state index < -0.39 is 0 Å². The van der Waals surface area contributed by atoms with E-state index in [0.29, 0.717) is 23.7 Å². The first-order valence-electron chi connectivity index (χ1n) is 12.4. The van der Waals surface area contributed by atoms with Crippen molar-refractivity contribution in [3.8, 4) is 11.5 Å². The third kappa shape index (κ3) is 4.32. The fourth-order valence-corrected chi connectivity index (χ4v) is 5.22. The van der Waals surface area contributed by atoms with E-state index in [4.69, 9.17) is 9.72 Å². The van der Waals surface area contributed by atoms with Crippen molar-refractivity contribution < 1.29 is 4.74 Å². The van der Waals surface area contributed by atoms with Crippen LogP contribution >= 0.6 is 15.9 Å². The van der Waals surface area contributed by atoms with Crippen molar-refractivity contribution in [2.24, 2.45) is 13.0 Å². The summed E-state index contributed by atoms with van der Waals surface area (Å²) in [6.07, 6.45) is 0. The van der Waals surface area contributed by atoms with Crippen molar-refractivity contribution in [1.29, 1.82) is 0 Å². The van der Waals surface area contributed by atoms with Gasteiger partial charge in [-0.2, -0.15) is 4.98 Å². The summed E-state index contributed by atoms with van der Waals surface area (Å²) in [4.78, 5) is 33.9. The molecule has 6 rings (SSSR count). The van der Waals surface area contributed by atoms with Gasteiger partial charge in [0.05, 0.1) is 6.54 Å². The molecule has 8 nitrogen and oxygen atoms in total. The molecule has 0 spiro atoms. The largest absolute Gasteiger partial charge is 0.457 e. The highest BCUT2D eigenvalue weighted by Crippen LogP contribution is 2.34. The Balaban J connectivity index is 1.41. The van der Waals surface area contributed by atoms with Crippen molar-refractivity contribution in [3.63, 3.8) is 0 Å². The average molecular weight is 572 g/mol. The van der Waals surface area contributed by atoms with Crippen LogP contribution in [0.3, 0.4) is 0 Å². The van der Waals surface area contributed by atoms with E-state index in [2.05, 4.69) is 27.8 Å². The number of anilines is 2. The molecule has 0 aliphatic carbocycles. The molecule has 0 saturated heterocycles. The van der Waals surface area contributed by atoms with Crippen LogP contribution in [0.2, 0.25) is 0 Å². The van der Waals surface area contributed by atoms with Gasteiger partial charge in [0.1, 0.15) is 11.5 Å². The Hall–Kier alpha value is -4.11. The maximum atomic E-state index is 13.7. The number of aromatic nitrogens is 4. The van der Waals surface area contributed by atoms with E-state index in [1.54, 1.807) is 7.05 Å². The SMILES string of the molecule is CC1CN(c2ccc(Oc3ccccc3)cc2)c2nc3c(c(=O)n(Cc4ccc(Br)cc4)c(=O)n3C)n2C1. The van der Waals surface area contributed by atoms with Gasteiger partial charge in [-0.1, -0.05) is 53.2 Å². The number of rotatable bonds is 5. The number of hydrogen-bond donors (Lipinski definition) is 0. The van der Waals surface area contributed by atoms with Gasteiger partial charge in [0, 0.05) is 30.3 Å².